The largest absolute Gasteiger partial charge is 0.476 e. The number of carbonyl (C=O) groups excluding carboxylic acids is 1. The third-order valence-corrected chi connectivity index (χ3v) is 8.22. The number of hydrogen-bond donors (Lipinski definition) is 3. The summed E-state index contributed by atoms with van der Waals surface area (Å²) in [6.07, 6.45) is -3.02. The Labute approximate surface area is 246 Å². The average Bonchev–Trinajstić information content (AvgIpc) is 3.41. The average molecular weight is 633 g/mol. The molecule has 1 unspecified atom stereocenters. The standard InChI is InChI=1S/C24H31Cl2N6O8P/c1-5-36-20-17-19(29-23(27)30-20)32(12-28-17)22-24(25,26)18(33)16(39-22)11-37-41(35,40-15-9-7-6-8-10-15)31-14(4)21(34)38-13(2)3/h6-10,12-14,16,18,22,33H,5,11H2,1-4H3,(H,31,35)(H2,27,29,30)/t14-,16+,18+,22+,41?/m0/s1. The van der Waals surface area contributed by atoms with Crippen molar-refractivity contribution in [3.8, 4) is 11.6 Å². The number of nitrogens with zero attached hydrogens (tertiary/aromatic N) is 4. The summed E-state index contributed by atoms with van der Waals surface area (Å²) in [4.78, 5) is 24.9. The van der Waals surface area contributed by atoms with Crippen molar-refractivity contribution < 1.29 is 37.7 Å². The van der Waals surface area contributed by atoms with Crippen LogP contribution in [-0.4, -0.2) is 72.5 Å². The second kappa shape index (κ2) is 12.7. The van der Waals surface area contributed by atoms with Crippen molar-refractivity contribution in [1.82, 2.24) is 24.6 Å². The van der Waals surface area contributed by atoms with Crippen molar-refractivity contribution >= 4 is 54.0 Å². The Balaban J connectivity index is 1.56. The monoisotopic (exact) mass is 632 g/mol. The number of imidazole rings is 1. The van der Waals surface area contributed by atoms with Crippen molar-refractivity contribution in [2.45, 2.75) is 62.6 Å². The van der Waals surface area contributed by atoms with Crippen LogP contribution in [0.15, 0.2) is 36.7 Å². The van der Waals surface area contributed by atoms with Gasteiger partial charge in [0.2, 0.25) is 11.8 Å². The molecule has 3 aromatic rings. The predicted octanol–water partition coefficient (Wildman–Crippen LogP) is 3.37. The summed E-state index contributed by atoms with van der Waals surface area (Å²) in [6.45, 7) is 6.38. The van der Waals surface area contributed by atoms with Crippen LogP contribution < -0.4 is 20.1 Å². The van der Waals surface area contributed by atoms with Gasteiger partial charge in [0.1, 0.15) is 24.0 Å². The molecule has 0 aliphatic carbocycles. The maximum atomic E-state index is 13.8. The number of nitrogens with two attached hydrogens (primary N) is 1. The maximum Gasteiger partial charge on any atom is 0.459 e. The molecule has 1 aliphatic rings. The lowest BCUT2D eigenvalue weighted by Crippen LogP contribution is -2.39. The SMILES string of the molecule is CCOc1nc(N)nc2c1ncn2[C@@H]1O[C@H](COP(=O)(N[C@@H](C)C(=O)OC(C)C)Oc2ccccc2)[C@@H](O)C1(Cl)Cl. The van der Waals surface area contributed by atoms with E-state index in [1.165, 1.54) is 17.8 Å². The highest BCUT2D eigenvalue weighted by Crippen LogP contribution is 2.50. The van der Waals surface area contributed by atoms with Crippen molar-refractivity contribution in [2.75, 3.05) is 18.9 Å². The second-order valence-electron chi connectivity index (χ2n) is 9.32. The Morgan fingerprint density at radius 1 is 1.27 bits per heavy atom. The van der Waals surface area contributed by atoms with Crippen LogP contribution in [0.2, 0.25) is 0 Å². The van der Waals surface area contributed by atoms with Gasteiger partial charge in [0.05, 0.1) is 25.6 Å². The molecule has 1 aliphatic heterocycles. The van der Waals surface area contributed by atoms with Gasteiger partial charge in [0, 0.05) is 0 Å². The van der Waals surface area contributed by atoms with Crippen LogP contribution in [0, 0.1) is 0 Å². The number of fused-ring (bicyclic) bond motifs is 1. The zero-order valence-electron chi connectivity index (χ0n) is 22.6. The molecule has 17 heteroatoms. The Hall–Kier alpha value is -2.71. The highest BCUT2D eigenvalue weighted by atomic mass is 35.5. The molecule has 1 aromatic carbocycles. The number of hydrogen-bond acceptors (Lipinski definition) is 12. The van der Waals surface area contributed by atoms with Gasteiger partial charge in [-0.2, -0.15) is 15.1 Å². The van der Waals surface area contributed by atoms with Crippen LogP contribution in [0.5, 0.6) is 11.6 Å². The summed E-state index contributed by atoms with van der Waals surface area (Å²) in [5.41, 5.74) is 6.32. The van der Waals surface area contributed by atoms with Crippen molar-refractivity contribution in [3.05, 3.63) is 36.7 Å². The third-order valence-electron chi connectivity index (χ3n) is 5.75. The van der Waals surface area contributed by atoms with Gasteiger partial charge in [-0.05, 0) is 39.8 Å². The molecule has 2 aromatic heterocycles. The molecule has 3 heterocycles. The molecule has 1 saturated heterocycles. The van der Waals surface area contributed by atoms with E-state index in [9.17, 15) is 14.5 Å². The van der Waals surface area contributed by atoms with Crippen molar-refractivity contribution in [1.29, 1.82) is 0 Å². The zero-order valence-corrected chi connectivity index (χ0v) is 25.0. The van der Waals surface area contributed by atoms with E-state index in [0.717, 1.165) is 0 Å². The molecule has 4 rings (SSSR count). The predicted molar refractivity (Wildman–Crippen MR) is 150 cm³/mol. The second-order valence-corrected chi connectivity index (χ2v) is 12.5. The highest BCUT2D eigenvalue weighted by Gasteiger charge is 2.56. The van der Waals surface area contributed by atoms with Crippen molar-refractivity contribution in [2.24, 2.45) is 0 Å². The molecule has 1 fully saturated rings. The highest BCUT2D eigenvalue weighted by molar-refractivity contribution is 7.52. The van der Waals surface area contributed by atoms with E-state index in [-0.39, 0.29) is 28.7 Å². The molecule has 0 saturated carbocycles. The number of anilines is 1. The lowest BCUT2D eigenvalue weighted by atomic mass is 10.2. The van der Waals surface area contributed by atoms with Gasteiger partial charge in [-0.15, -0.1) is 0 Å². The van der Waals surface area contributed by atoms with E-state index in [0.29, 0.717) is 6.61 Å². The molecule has 5 atom stereocenters. The normalized spacial score (nSPS) is 22.4. The first-order chi connectivity index (χ1) is 19.3. The number of aliphatic hydroxyl groups is 1. The van der Waals surface area contributed by atoms with Crippen molar-refractivity contribution in [3.63, 3.8) is 0 Å². The molecule has 224 valence electrons. The lowest BCUT2D eigenvalue weighted by Gasteiger charge is -2.25. The Kier molecular flexibility index (Phi) is 9.64. The van der Waals surface area contributed by atoms with Crippen LogP contribution in [-0.2, 0) is 23.4 Å². The molecule has 0 spiro atoms. The quantitative estimate of drug-likeness (QED) is 0.150. The molecule has 0 amide bonds. The van der Waals surface area contributed by atoms with Crippen LogP contribution in [0.25, 0.3) is 11.2 Å². The molecule has 14 nitrogen and oxygen atoms in total. The van der Waals surface area contributed by atoms with Crippen LogP contribution >= 0.6 is 30.9 Å². The van der Waals surface area contributed by atoms with Crippen LogP contribution in [0.4, 0.5) is 5.95 Å². The number of nitrogen functional groups attached to an aromatic ring is 1. The van der Waals surface area contributed by atoms with Gasteiger partial charge < -0.3 is 29.6 Å². The number of rotatable bonds is 12. The minimum absolute atomic E-state index is 0.0916. The van der Waals surface area contributed by atoms with Gasteiger partial charge in [0.25, 0.3) is 0 Å². The van der Waals surface area contributed by atoms with E-state index in [1.807, 2.05) is 0 Å². The third kappa shape index (κ3) is 7.03. The number of carbonyl (C=O) groups is 1. The molecule has 4 N–H and O–H groups in total. The van der Waals surface area contributed by atoms with E-state index in [1.54, 1.807) is 51.1 Å². The minimum atomic E-state index is -4.26. The molecular formula is C24H31Cl2N6O8P. The first-order valence-corrected chi connectivity index (χ1v) is 15.0. The van der Waals surface area contributed by atoms with Gasteiger partial charge in [-0.3, -0.25) is 13.9 Å². The van der Waals surface area contributed by atoms with E-state index < -0.39 is 55.2 Å². The fourth-order valence-corrected chi connectivity index (χ4v) is 6.02. The summed E-state index contributed by atoms with van der Waals surface area (Å²) in [7, 11) is -4.26. The fraction of sp³-hybridized carbons (Fsp3) is 0.500. The van der Waals surface area contributed by atoms with Gasteiger partial charge in [-0.1, -0.05) is 41.4 Å². The van der Waals surface area contributed by atoms with Gasteiger partial charge >= 0.3 is 13.7 Å². The minimum Gasteiger partial charge on any atom is -0.476 e. The fourth-order valence-electron chi connectivity index (χ4n) is 3.93. The smallest absolute Gasteiger partial charge is 0.459 e. The van der Waals surface area contributed by atoms with E-state index in [4.69, 9.17) is 52.2 Å². The maximum absolute atomic E-state index is 13.8. The number of para-hydroxylation sites is 1. The molecular weight excluding hydrogens is 602 g/mol. The van der Waals surface area contributed by atoms with E-state index >= 15 is 0 Å². The number of aliphatic hydroxyl groups excluding tert-OH is 1. The number of alkyl halides is 2. The summed E-state index contributed by atoms with van der Waals surface area (Å²) < 4.78 is 41.2. The first-order valence-electron chi connectivity index (χ1n) is 12.7. The lowest BCUT2D eigenvalue weighted by molar-refractivity contribution is -0.149. The summed E-state index contributed by atoms with van der Waals surface area (Å²) in [6, 6.07) is 7.13. The summed E-state index contributed by atoms with van der Waals surface area (Å²) in [5, 5.41) is 13.6. The number of ether oxygens (including phenoxy) is 3. The summed E-state index contributed by atoms with van der Waals surface area (Å²) >= 11 is 13.1. The summed E-state index contributed by atoms with van der Waals surface area (Å²) in [5.74, 6) is -0.407. The van der Waals surface area contributed by atoms with Crippen LogP contribution in [0.3, 0.4) is 0 Å². The number of esters is 1. The number of aromatic nitrogens is 4. The number of benzene rings is 1. The molecule has 41 heavy (non-hydrogen) atoms. The Morgan fingerprint density at radius 2 is 1.98 bits per heavy atom. The number of halogens is 2. The topological polar surface area (TPSA) is 182 Å². The molecule has 0 radical (unpaired) electrons. The van der Waals surface area contributed by atoms with E-state index in [2.05, 4.69) is 20.0 Å². The van der Waals surface area contributed by atoms with Crippen LogP contribution in [0.1, 0.15) is 33.9 Å². The first kappa shape index (κ1) is 31.2. The number of nitrogens with one attached hydrogen (secondary N) is 1. The Bertz CT molecular complexity index is 1410. The van der Waals surface area contributed by atoms with Gasteiger partial charge in [-0.25, -0.2) is 9.55 Å². The molecule has 0 bridgehead atoms. The Morgan fingerprint density at radius 3 is 2.63 bits per heavy atom. The van der Waals surface area contributed by atoms with Gasteiger partial charge in [0.15, 0.2) is 21.7 Å². The zero-order chi connectivity index (χ0) is 29.9.